The number of esters is 1. The van der Waals surface area contributed by atoms with E-state index in [1.807, 2.05) is 13.0 Å². The SMILES string of the molecule is CCOC(=O)/C=C/C(CCCO[Si](C)(C)C(C)(C)C)N1CCOCC1. The van der Waals surface area contributed by atoms with Crippen LogP contribution in [0.5, 0.6) is 0 Å². The molecule has 146 valence electrons. The van der Waals surface area contributed by atoms with Crippen molar-refractivity contribution < 1.29 is 18.7 Å². The molecule has 0 N–H and O–H groups in total. The van der Waals surface area contributed by atoms with Crippen LogP contribution in [-0.2, 0) is 18.7 Å². The molecular formula is C19H37NO4Si. The molecule has 0 spiro atoms. The van der Waals surface area contributed by atoms with Crippen LogP contribution in [0.15, 0.2) is 12.2 Å². The highest BCUT2D eigenvalue weighted by molar-refractivity contribution is 6.74. The van der Waals surface area contributed by atoms with Gasteiger partial charge in [-0.1, -0.05) is 26.8 Å². The molecule has 1 heterocycles. The lowest BCUT2D eigenvalue weighted by molar-refractivity contribution is -0.137. The Morgan fingerprint density at radius 3 is 2.48 bits per heavy atom. The van der Waals surface area contributed by atoms with Crippen molar-refractivity contribution >= 4 is 14.3 Å². The minimum atomic E-state index is -1.69. The molecule has 0 radical (unpaired) electrons. The quantitative estimate of drug-likeness (QED) is 0.268. The number of hydrogen-bond donors (Lipinski definition) is 0. The molecule has 1 saturated heterocycles. The van der Waals surface area contributed by atoms with Crippen LogP contribution in [0.25, 0.3) is 0 Å². The third-order valence-corrected chi connectivity index (χ3v) is 9.71. The van der Waals surface area contributed by atoms with Crippen molar-refractivity contribution in [1.29, 1.82) is 0 Å². The smallest absolute Gasteiger partial charge is 0.330 e. The van der Waals surface area contributed by atoms with Crippen LogP contribution in [0.4, 0.5) is 0 Å². The largest absolute Gasteiger partial charge is 0.463 e. The van der Waals surface area contributed by atoms with E-state index < -0.39 is 8.32 Å². The molecule has 0 bridgehead atoms. The molecule has 0 aromatic rings. The van der Waals surface area contributed by atoms with Crippen LogP contribution in [0, 0.1) is 0 Å². The van der Waals surface area contributed by atoms with Crippen molar-refractivity contribution in [3.63, 3.8) is 0 Å². The van der Waals surface area contributed by atoms with E-state index in [1.165, 1.54) is 0 Å². The van der Waals surface area contributed by atoms with Crippen LogP contribution in [-0.4, -0.2) is 64.7 Å². The Balaban J connectivity index is 2.54. The predicted molar refractivity (Wildman–Crippen MR) is 104 cm³/mol. The van der Waals surface area contributed by atoms with E-state index in [2.05, 4.69) is 38.8 Å². The van der Waals surface area contributed by atoms with Crippen molar-refractivity contribution in [2.24, 2.45) is 0 Å². The molecule has 25 heavy (non-hydrogen) atoms. The number of rotatable bonds is 9. The van der Waals surface area contributed by atoms with Crippen LogP contribution in [0.2, 0.25) is 18.1 Å². The summed E-state index contributed by atoms with van der Waals surface area (Å²) in [6.07, 6.45) is 5.51. The van der Waals surface area contributed by atoms with Gasteiger partial charge in [0.25, 0.3) is 0 Å². The second-order valence-electron chi connectivity index (χ2n) is 8.08. The molecule has 0 aliphatic carbocycles. The Labute approximate surface area is 154 Å². The highest BCUT2D eigenvalue weighted by Crippen LogP contribution is 2.36. The maximum atomic E-state index is 11.6. The van der Waals surface area contributed by atoms with E-state index in [4.69, 9.17) is 13.9 Å². The van der Waals surface area contributed by atoms with Crippen molar-refractivity contribution in [3.8, 4) is 0 Å². The molecule has 0 aromatic heterocycles. The highest BCUT2D eigenvalue weighted by Gasteiger charge is 2.36. The molecule has 1 aliphatic rings. The molecule has 0 amide bonds. The van der Waals surface area contributed by atoms with E-state index in [0.717, 1.165) is 45.8 Å². The summed E-state index contributed by atoms with van der Waals surface area (Å²) >= 11 is 0. The lowest BCUT2D eigenvalue weighted by atomic mass is 10.1. The third-order valence-electron chi connectivity index (χ3n) is 5.17. The fourth-order valence-corrected chi connectivity index (χ4v) is 3.61. The lowest BCUT2D eigenvalue weighted by Gasteiger charge is -2.36. The van der Waals surface area contributed by atoms with E-state index in [0.29, 0.717) is 6.61 Å². The summed E-state index contributed by atoms with van der Waals surface area (Å²) in [4.78, 5) is 14.0. The van der Waals surface area contributed by atoms with Gasteiger partial charge >= 0.3 is 5.97 Å². The first-order chi connectivity index (χ1) is 11.7. The van der Waals surface area contributed by atoms with E-state index in [9.17, 15) is 4.79 Å². The van der Waals surface area contributed by atoms with E-state index >= 15 is 0 Å². The molecule has 0 aromatic carbocycles. The number of carbonyl (C=O) groups is 1. The first-order valence-corrected chi connectivity index (χ1v) is 12.4. The molecule has 1 rings (SSSR count). The normalized spacial score (nSPS) is 18.5. The van der Waals surface area contributed by atoms with Gasteiger partial charge in [0.2, 0.25) is 0 Å². The van der Waals surface area contributed by atoms with Crippen LogP contribution in [0.3, 0.4) is 0 Å². The van der Waals surface area contributed by atoms with E-state index in [-0.39, 0.29) is 17.0 Å². The summed E-state index contributed by atoms with van der Waals surface area (Å²) in [6.45, 7) is 17.7. The van der Waals surface area contributed by atoms with Gasteiger partial charge in [-0.05, 0) is 37.9 Å². The maximum Gasteiger partial charge on any atom is 0.330 e. The van der Waals surface area contributed by atoms with Gasteiger partial charge in [0.15, 0.2) is 8.32 Å². The number of nitrogens with zero attached hydrogens (tertiary/aromatic N) is 1. The van der Waals surface area contributed by atoms with Crippen LogP contribution in [0.1, 0.15) is 40.5 Å². The summed E-state index contributed by atoms with van der Waals surface area (Å²) in [6, 6.07) is 0.233. The summed E-state index contributed by atoms with van der Waals surface area (Å²) < 4.78 is 16.7. The zero-order chi connectivity index (χ0) is 18.9. The first kappa shape index (κ1) is 22.3. The Morgan fingerprint density at radius 1 is 1.28 bits per heavy atom. The summed E-state index contributed by atoms with van der Waals surface area (Å²) in [5, 5.41) is 0.237. The summed E-state index contributed by atoms with van der Waals surface area (Å²) in [5.41, 5.74) is 0. The monoisotopic (exact) mass is 371 g/mol. The molecule has 1 aliphatic heterocycles. The fraction of sp³-hybridized carbons (Fsp3) is 0.842. The second-order valence-corrected chi connectivity index (χ2v) is 12.9. The van der Waals surface area contributed by atoms with Crippen LogP contribution >= 0.6 is 0 Å². The van der Waals surface area contributed by atoms with Crippen molar-refractivity contribution in [1.82, 2.24) is 4.90 Å². The second kappa shape index (κ2) is 10.5. The molecule has 1 fully saturated rings. The highest BCUT2D eigenvalue weighted by atomic mass is 28.4. The fourth-order valence-electron chi connectivity index (χ4n) is 2.53. The van der Waals surface area contributed by atoms with E-state index in [1.54, 1.807) is 6.08 Å². The van der Waals surface area contributed by atoms with Crippen molar-refractivity contribution in [2.45, 2.75) is 64.7 Å². The van der Waals surface area contributed by atoms with Crippen LogP contribution < -0.4 is 0 Å². The van der Waals surface area contributed by atoms with Gasteiger partial charge in [-0.2, -0.15) is 0 Å². The molecule has 1 unspecified atom stereocenters. The molecule has 0 saturated carbocycles. The van der Waals surface area contributed by atoms with Gasteiger partial charge in [-0.25, -0.2) is 4.79 Å². The Morgan fingerprint density at radius 2 is 1.92 bits per heavy atom. The van der Waals surface area contributed by atoms with Gasteiger partial charge in [-0.3, -0.25) is 4.90 Å². The molecular weight excluding hydrogens is 334 g/mol. The average Bonchev–Trinajstić information content (AvgIpc) is 2.54. The van der Waals surface area contributed by atoms with Gasteiger partial charge in [0, 0.05) is 31.8 Å². The molecule has 6 heteroatoms. The van der Waals surface area contributed by atoms with Gasteiger partial charge in [-0.15, -0.1) is 0 Å². The maximum absolute atomic E-state index is 11.6. The number of hydrogen-bond acceptors (Lipinski definition) is 5. The minimum absolute atomic E-state index is 0.233. The minimum Gasteiger partial charge on any atom is -0.463 e. The topological polar surface area (TPSA) is 48.0 Å². The van der Waals surface area contributed by atoms with Gasteiger partial charge in [0.1, 0.15) is 0 Å². The zero-order valence-electron chi connectivity index (χ0n) is 17.0. The predicted octanol–water partition coefficient (Wildman–Crippen LogP) is 3.61. The van der Waals surface area contributed by atoms with Crippen molar-refractivity contribution in [3.05, 3.63) is 12.2 Å². The van der Waals surface area contributed by atoms with Gasteiger partial charge < -0.3 is 13.9 Å². The third kappa shape index (κ3) is 8.03. The first-order valence-electron chi connectivity index (χ1n) is 9.48. The Hall–Kier alpha value is -0.693. The summed E-state index contributed by atoms with van der Waals surface area (Å²) in [5.74, 6) is -0.265. The van der Waals surface area contributed by atoms with Gasteiger partial charge in [0.05, 0.1) is 19.8 Å². The lowest BCUT2D eigenvalue weighted by Crippen LogP contribution is -2.43. The molecule has 5 nitrogen and oxygen atoms in total. The number of carbonyl (C=O) groups excluding carboxylic acids is 1. The number of morpholine rings is 1. The molecule has 1 atom stereocenters. The average molecular weight is 372 g/mol. The zero-order valence-corrected chi connectivity index (χ0v) is 18.0. The number of ether oxygens (including phenoxy) is 2. The Kier molecular flexibility index (Phi) is 9.35. The summed E-state index contributed by atoms with van der Waals surface area (Å²) in [7, 11) is -1.69. The standard InChI is InChI=1S/C19H37NO4Si/c1-7-23-18(21)11-10-17(20-12-15-22-16-13-20)9-8-14-24-25(5,6)19(2,3)4/h10-11,17H,7-9,12-16H2,1-6H3/b11-10+. The Bertz CT molecular complexity index is 426. The van der Waals surface area contributed by atoms with Crippen molar-refractivity contribution in [2.75, 3.05) is 39.5 Å².